The van der Waals surface area contributed by atoms with Crippen LogP contribution in [0.2, 0.25) is 0 Å². The SMILES string of the molecule is CCCCC(CC)C/C(=C/C(=O)O)C(=O)O.CCCCC(CC)C/C(=C/C(=O)O)C(=O)O.CCCCCCCCCCCCCCCCC. The maximum absolute atomic E-state index is 10.8. The summed E-state index contributed by atoms with van der Waals surface area (Å²) in [7, 11) is 0. The highest BCUT2D eigenvalue weighted by molar-refractivity contribution is 5.95. The maximum atomic E-state index is 10.8. The van der Waals surface area contributed by atoms with Crippen LogP contribution in [-0.4, -0.2) is 44.3 Å². The van der Waals surface area contributed by atoms with E-state index in [2.05, 4.69) is 27.7 Å². The second kappa shape index (κ2) is 38.2. The quantitative estimate of drug-likeness (QED) is 0.0428. The second-order valence-electron chi connectivity index (χ2n) is 13.5. The number of rotatable bonds is 30. The number of unbranched alkanes of at least 4 members (excludes halogenated alkanes) is 16. The van der Waals surface area contributed by atoms with Gasteiger partial charge in [-0.2, -0.15) is 0 Å². The fourth-order valence-corrected chi connectivity index (χ4v) is 5.67. The molecule has 2 unspecified atom stereocenters. The zero-order valence-corrected chi connectivity index (χ0v) is 32.4. The fourth-order valence-electron chi connectivity index (χ4n) is 5.67. The van der Waals surface area contributed by atoms with E-state index in [0.29, 0.717) is 12.8 Å². The van der Waals surface area contributed by atoms with Gasteiger partial charge in [0.25, 0.3) is 0 Å². The Morgan fingerprint density at radius 3 is 0.837 bits per heavy atom. The highest BCUT2D eigenvalue weighted by Crippen LogP contribution is 2.22. The summed E-state index contributed by atoms with van der Waals surface area (Å²) in [5.74, 6) is -4.11. The predicted molar refractivity (Wildman–Crippen MR) is 203 cm³/mol. The molecule has 8 heteroatoms. The maximum Gasteiger partial charge on any atom is 0.331 e. The number of hydrogen-bond donors (Lipinski definition) is 4. The molecule has 0 heterocycles. The molecule has 0 aliphatic carbocycles. The Morgan fingerprint density at radius 1 is 0.408 bits per heavy atom. The molecule has 0 spiro atoms. The number of carboxylic acid groups (broad SMARTS) is 4. The molecule has 0 radical (unpaired) electrons. The van der Waals surface area contributed by atoms with Crippen molar-refractivity contribution in [3.63, 3.8) is 0 Å². The average molecular weight is 697 g/mol. The van der Waals surface area contributed by atoms with Crippen LogP contribution in [0.3, 0.4) is 0 Å². The lowest BCUT2D eigenvalue weighted by molar-refractivity contribution is -0.135. The summed E-state index contributed by atoms with van der Waals surface area (Å²) < 4.78 is 0. The summed E-state index contributed by atoms with van der Waals surface area (Å²) in [6, 6.07) is 0. The van der Waals surface area contributed by atoms with Gasteiger partial charge in [-0.3, -0.25) is 0 Å². The third-order valence-corrected chi connectivity index (χ3v) is 8.96. The van der Waals surface area contributed by atoms with Crippen molar-refractivity contribution in [2.24, 2.45) is 11.8 Å². The molecule has 288 valence electrons. The van der Waals surface area contributed by atoms with Gasteiger partial charge < -0.3 is 20.4 Å². The molecule has 0 saturated carbocycles. The smallest absolute Gasteiger partial charge is 0.331 e. The Bertz CT molecular complexity index is 807. The van der Waals surface area contributed by atoms with E-state index in [1.54, 1.807) is 0 Å². The van der Waals surface area contributed by atoms with Crippen molar-refractivity contribution in [2.45, 2.75) is 202 Å². The third kappa shape index (κ3) is 38.0. The summed E-state index contributed by atoms with van der Waals surface area (Å²) in [5.41, 5.74) is -0.00842. The minimum absolute atomic E-state index is 0.00421. The molecule has 0 bridgehead atoms. The van der Waals surface area contributed by atoms with Crippen LogP contribution < -0.4 is 0 Å². The van der Waals surface area contributed by atoms with Gasteiger partial charge in [-0.15, -0.1) is 0 Å². The molecule has 49 heavy (non-hydrogen) atoms. The van der Waals surface area contributed by atoms with Crippen molar-refractivity contribution in [3.05, 3.63) is 23.3 Å². The molecule has 0 amide bonds. The second-order valence-corrected chi connectivity index (χ2v) is 13.5. The van der Waals surface area contributed by atoms with Crippen LogP contribution in [0.1, 0.15) is 202 Å². The van der Waals surface area contributed by atoms with Gasteiger partial charge in [-0.1, -0.05) is 189 Å². The monoisotopic (exact) mass is 697 g/mol. The van der Waals surface area contributed by atoms with E-state index < -0.39 is 23.9 Å². The number of hydrogen-bond acceptors (Lipinski definition) is 4. The molecule has 0 fully saturated rings. The molecule has 0 saturated heterocycles. The fraction of sp³-hybridized carbons (Fsp3) is 0.805. The first-order chi connectivity index (χ1) is 23.4. The normalized spacial score (nSPS) is 12.6. The first kappa shape index (κ1) is 50.7. The van der Waals surface area contributed by atoms with Gasteiger partial charge in [-0.05, 0) is 24.7 Å². The first-order valence-corrected chi connectivity index (χ1v) is 19.8. The van der Waals surface area contributed by atoms with E-state index >= 15 is 0 Å². The molecule has 0 aliphatic heterocycles. The van der Waals surface area contributed by atoms with Gasteiger partial charge in [0.2, 0.25) is 0 Å². The van der Waals surface area contributed by atoms with Gasteiger partial charge in [0.1, 0.15) is 0 Å². The van der Waals surface area contributed by atoms with Crippen molar-refractivity contribution in [3.8, 4) is 0 Å². The van der Waals surface area contributed by atoms with Gasteiger partial charge in [0, 0.05) is 23.3 Å². The van der Waals surface area contributed by atoms with Gasteiger partial charge in [0.15, 0.2) is 0 Å². The summed E-state index contributed by atoms with van der Waals surface area (Å²) in [6.45, 7) is 12.7. The van der Waals surface area contributed by atoms with Crippen molar-refractivity contribution in [1.29, 1.82) is 0 Å². The molecule has 0 aromatic rings. The lowest BCUT2D eigenvalue weighted by atomic mass is 9.91. The van der Waals surface area contributed by atoms with Crippen LogP contribution in [0, 0.1) is 11.8 Å². The highest BCUT2D eigenvalue weighted by Gasteiger charge is 2.16. The van der Waals surface area contributed by atoms with Crippen LogP contribution in [-0.2, 0) is 19.2 Å². The summed E-state index contributed by atoms with van der Waals surface area (Å²) in [4.78, 5) is 42.6. The van der Waals surface area contributed by atoms with Crippen LogP contribution in [0.5, 0.6) is 0 Å². The molecule has 8 nitrogen and oxygen atoms in total. The summed E-state index contributed by atoms with van der Waals surface area (Å²) >= 11 is 0. The van der Waals surface area contributed by atoms with Crippen molar-refractivity contribution in [2.75, 3.05) is 0 Å². The molecule has 0 rings (SSSR count). The number of carboxylic acids is 4. The zero-order valence-electron chi connectivity index (χ0n) is 32.4. The topological polar surface area (TPSA) is 149 Å². The third-order valence-electron chi connectivity index (χ3n) is 8.96. The van der Waals surface area contributed by atoms with Crippen molar-refractivity contribution in [1.82, 2.24) is 0 Å². The number of aliphatic carboxylic acids is 4. The Kier molecular flexibility index (Phi) is 39.5. The minimum Gasteiger partial charge on any atom is -0.478 e. The molecule has 0 aromatic carbocycles. The largest absolute Gasteiger partial charge is 0.478 e. The number of carbonyl (C=O) groups is 4. The average Bonchev–Trinajstić information content (AvgIpc) is 3.06. The Morgan fingerprint density at radius 2 is 0.653 bits per heavy atom. The summed E-state index contributed by atoms with van der Waals surface area (Å²) in [5, 5.41) is 34.8. The Hall–Kier alpha value is -2.64. The van der Waals surface area contributed by atoms with Crippen LogP contribution in [0.15, 0.2) is 23.3 Å². The summed E-state index contributed by atoms with van der Waals surface area (Å²) in [6.07, 6.45) is 32.1. The molecular weight excluding hydrogens is 620 g/mol. The lowest BCUT2D eigenvalue weighted by Gasteiger charge is -2.14. The van der Waals surface area contributed by atoms with E-state index in [-0.39, 0.29) is 23.0 Å². The van der Waals surface area contributed by atoms with Crippen LogP contribution in [0.4, 0.5) is 0 Å². The molecular formula is C41H76O8. The van der Waals surface area contributed by atoms with E-state index in [1.807, 2.05) is 13.8 Å². The highest BCUT2D eigenvalue weighted by atomic mass is 16.4. The standard InChI is InChI=1S/C17H36.2C12H20O4/c1-3-5-7-9-11-13-15-17-16-14-12-10-8-6-4-2;2*1-3-5-6-9(4-2)7-10(12(15)16)8-11(13)14/h3-17H2,1-2H3;2*8-9H,3-7H2,1-2H3,(H,13,14)(H,15,16)/b;2*10-8-. The molecule has 2 atom stereocenters. The Balaban J connectivity index is -0.000000648. The van der Waals surface area contributed by atoms with E-state index in [9.17, 15) is 19.2 Å². The zero-order chi connectivity index (χ0) is 37.7. The molecule has 0 aromatic heterocycles. The Labute approximate surface area is 300 Å². The first-order valence-electron chi connectivity index (χ1n) is 19.8. The van der Waals surface area contributed by atoms with E-state index in [0.717, 1.165) is 63.5 Å². The van der Waals surface area contributed by atoms with Crippen molar-refractivity contribution < 1.29 is 39.6 Å². The van der Waals surface area contributed by atoms with Crippen LogP contribution in [0.25, 0.3) is 0 Å². The molecule has 4 N–H and O–H groups in total. The van der Waals surface area contributed by atoms with Crippen molar-refractivity contribution >= 4 is 23.9 Å². The van der Waals surface area contributed by atoms with Gasteiger partial charge >= 0.3 is 23.9 Å². The van der Waals surface area contributed by atoms with Gasteiger partial charge in [0.05, 0.1) is 0 Å². The molecule has 0 aliphatic rings. The lowest BCUT2D eigenvalue weighted by Crippen LogP contribution is -2.09. The van der Waals surface area contributed by atoms with Gasteiger partial charge in [-0.25, -0.2) is 19.2 Å². The van der Waals surface area contributed by atoms with Crippen LogP contribution >= 0.6 is 0 Å². The van der Waals surface area contributed by atoms with E-state index in [1.165, 1.54) is 96.3 Å². The van der Waals surface area contributed by atoms with E-state index in [4.69, 9.17) is 20.4 Å². The predicted octanol–water partition coefficient (Wildman–Crippen LogP) is 12.3. The minimum atomic E-state index is -1.19.